The van der Waals surface area contributed by atoms with E-state index in [1.54, 1.807) is 11.8 Å². The molecular weight excluding hydrogens is 344 g/mol. The van der Waals surface area contributed by atoms with Crippen molar-refractivity contribution in [2.75, 3.05) is 0 Å². The molecule has 0 fully saturated rings. The van der Waals surface area contributed by atoms with Gasteiger partial charge in [-0.2, -0.15) is 4.98 Å². The maximum atomic E-state index is 6.13. The van der Waals surface area contributed by atoms with E-state index in [0.29, 0.717) is 10.5 Å². The van der Waals surface area contributed by atoms with Gasteiger partial charge in [0.1, 0.15) is 10.8 Å². The van der Waals surface area contributed by atoms with Crippen molar-refractivity contribution in [2.45, 2.75) is 79.1 Å². The quantitative estimate of drug-likeness (QED) is 0.386. The first-order valence-corrected chi connectivity index (χ1v) is 10.8. The topological polar surface area (TPSA) is 38.9 Å². The highest BCUT2D eigenvalue weighted by molar-refractivity contribution is 8.00. The summed E-state index contributed by atoms with van der Waals surface area (Å²) in [5.41, 5.74) is 2.10. The van der Waals surface area contributed by atoms with Gasteiger partial charge in [0.2, 0.25) is 5.71 Å². The van der Waals surface area contributed by atoms with Crippen LogP contribution in [0.1, 0.15) is 52.9 Å². The number of hydrogen-bond donors (Lipinski definition) is 0. The van der Waals surface area contributed by atoms with Crippen molar-refractivity contribution < 1.29 is 4.42 Å². The molecule has 0 unspecified atom stereocenters. The van der Waals surface area contributed by atoms with Gasteiger partial charge < -0.3 is 4.42 Å². The largest absolute Gasteiger partial charge is 0.441 e. The molecule has 0 radical (unpaired) electrons. The Labute approximate surface area is 151 Å². The van der Waals surface area contributed by atoms with Crippen molar-refractivity contribution in [3.05, 3.63) is 11.3 Å². The minimum Gasteiger partial charge on any atom is -0.441 e. The Morgan fingerprint density at radius 1 is 1.09 bits per heavy atom. The molecule has 3 heterocycles. The van der Waals surface area contributed by atoms with E-state index >= 15 is 0 Å². The highest BCUT2D eigenvalue weighted by atomic mass is 32.2. The third-order valence-corrected chi connectivity index (χ3v) is 6.75. The van der Waals surface area contributed by atoms with Gasteiger partial charge in [-0.3, -0.25) is 0 Å². The smallest absolute Gasteiger partial charge is 0.231 e. The van der Waals surface area contributed by atoms with Crippen LogP contribution in [0.5, 0.6) is 0 Å². The molecule has 0 spiro atoms. The molecule has 3 nitrogen and oxygen atoms in total. The normalized spacial score (nSPS) is 17.2. The third kappa shape index (κ3) is 3.85. The summed E-state index contributed by atoms with van der Waals surface area (Å²) in [5.74, 6) is 2.02. The third-order valence-electron chi connectivity index (χ3n) is 3.57. The average molecular weight is 369 g/mol. The number of hydrogen-bond acceptors (Lipinski definition) is 6. The SMILES string of the molecule is CC(C)Sc1nc(SC(C)C)c2c3c(oc2n1)CSC(C)(C)C3. The van der Waals surface area contributed by atoms with Gasteiger partial charge in [-0.1, -0.05) is 53.3 Å². The molecule has 126 valence electrons. The minimum atomic E-state index is 0.245. The summed E-state index contributed by atoms with van der Waals surface area (Å²) in [6, 6.07) is 0. The molecule has 0 saturated carbocycles. The van der Waals surface area contributed by atoms with Gasteiger partial charge >= 0.3 is 0 Å². The van der Waals surface area contributed by atoms with Crippen LogP contribution in [0.15, 0.2) is 14.6 Å². The van der Waals surface area contributed by atoms with E-state index in [4.69, 9.17) is 14.4 Å². The van der Waals surface area contributed by atoms with E-state index in [2.05, 4.69) is 41.5 Å². The molecule has 6 heteroatoms. The zero-order chi connectivity index (χ0) is 16.8. The molecule has 0 aliphatic carbocycles. The number of rotatable bonds is 4. The molecule has 0 N–H and O–H groups in total. The predicted octanol–water partition coefficient (Wildman–Crippen LogP) is 5.79. The van der Waals surface area contributed by atoms with E-state index in [9.17, 15) is 0 Å². The molecule has 23 heavy (non-hydrogen) atoms. The standard InChI is InChI=1S/C17H24N2OS3/c1-9(2)22-15-13-11-7-17(5,6)21-8-12(11)20-14(13)18-16(19-15)23-10(3)4/h9-10H,7-8H2,1-6H3. The number of fused-ring (bicyclic) bond motifs is 3. The van der Waals surface area contributed by atoms with E-state index in [1.807, 2.05) is 23.5 Å². The summed E-state index contributed by atoms with van der Waals surface area (Å²) in [7, 11) is 0. The first-order valence-electron chi connectivity index (χ1n) is 8.05. The van der Waals surface area contributed by atoms with Gasteiger partial charge in [0.15, 0.2) is 5.16 Å². The highest BCUT2D eigenvalue weighted by Crippen LogP contribution is 2.45. The monoisotopic (exact) mass is 368 g/mol. The van der Waals surface area contributed by atoms with E-state index < -0.39 is 0 Å². The lowest BCUT2D eigenvalue weighted by Crippen LogP contribution is -2.22. The summed E-state index contributed by atoms with van der Waals surface area (Å²) in [4.78, 5) is 9.56. The summed E-state index contributed by atoms with van der Waals surface area (Å²) >= 11 is 5.47. The van der Waals surface area contributed by atoms with Crippen molar-refractivity contribution in [2.24, 2.45) is 0 Å². The predicted molar refractivity (Wildman–Crippen MR) is 103 cm³/mol. The van der Waals surface area contributed by atoms with Crippen LogP contribution < -0.4 is 0 Å². The first kappa shape index (κ1) is 17.5. The minimum absolute atomic E-state index is 0.245. The molecule has 0 amide bonds. The lowest BCUT2D eigenvalue weighted by molar-refractivity contribution is 0.539. The Morgan fingerprint density at radius 3 is 2.43 bits per heavy atom. The van der Waals surface area contributed by atoms with E-state index in [0.717, 1.165) is 39.2 Å². The number of aromatic nitrogens is 2. The fourth-order valence-corrected chi connectivity index (χ4v) is 5.34. The Kier molecular flexibility index (Phi) is 4.96. The van der Waals surface area contributed by atoms with Crippen LogP contribution in [-0.2, 0) is 12.2 Å². The molecule has 1 aliphatic rings. The summed E-state index contributed by atoms with van der Waals surface area (Å²) in [6.07, 6.45) is 1.02. The Bertz CT molecular complexity index is 722. The van der Waals surface area contributed by atoms with Crippen molar-refractivity contribution in [3.8, 4) is 0 Å². The zero-order valence-corrected chi connectivity index (χ0v) is 17.0. The Morgan fingerprint density at radius 2 is 1.78 bits per heavy atom. The van der Waals surface area contributed by atoms with Gasteiger partial charge in [0.05, 0.1) is 11.1 Å². The van der Waals surface area contributed by atoms with Crippen LogP contribution in [0, 0.1) is 0 Å². The van der Waals surface area contributed by atoms with Crippen molar-refractivity contribution in [1.82, 2.24) is 9.97 Å². The average Bonchev–Trinajstić information content (AvgIpc) is 2.73. The molecular formula is C17H24N2OS3. The Hall–Kier alpha value is -0.330. The van der Waals surface area contributed by atoms with Gasteiger partial charge in [0, 0.05) is 20.8 Å². The van der Waals surface area contributed by atoms with Crippen LogP contribution in [0.3, 0.4) is 0 Å². The second-order valence-electron chi connectivity index (χ2n) is 7.05. The lowest BCUT2D eigenvalue weighted by Gasteiger charge is -2.28. The molecule has 3 rings (SSSR count). The molecule has 2 aromatic rings. The fraction of sp³-hybridized carbons (Fsp3) is 0.647. The van der Waals surface area contributed by atoms with Gasteiger partial charge in [-0.15, -0.1) is 23.5 Å². The van der Waals surface area contributed by atoms with Crippen LogP contribution in [-0.4, -0.2) is 25.2 Å². The van der Waals surface area contributed by atoms with Gasteiger partial charge in [-0.25, -0.2) is 4.98 Å². The molecule has 0 atom stereocenters. The highest BCUT2D eigenvalue weighted by Gasteiger charge is 2.32. The van der Waals surface area contributed by atoms with E-state index in [-0.39, 0.29) is 4.75 Å². The zero-order valence-electron chi connectivity index (χ0n) is 14.6. The van der Waals surface area contributed by atoms with Crippen LogP contribution in [0.2, 0.25) is 0 Å². The van der Waals surface area contributed by atoms with Crippen LogP contribution in [0.4, 0.5) is 0 Å². The Balaban J connectivity index is 2.15. The van der Waals surface area contributed by atoms with Crippen molar-refractivity contribution in [3.63, 3.8) is 0 Å². The summed E-state index contributed by atoms with van der Waals surface area (Å²) in [5, 5.41) is 4.01. The van der Waals surface area contributed by atoms with E-state index in [1.165, 1.54) is 5.56 Å². The first-order chi connectivity index (χ1) is 10.7. The molecule has 0 aromatic carbocycles. The summed E-state index contributed by atoms with van der Waals surface area (Å²) < 4.78 is 6.37. The molecule has 0 saturated heterocycles. The maximum Gasteiger partial charge on any atom is 0.231 e. The lowest BCUT2D eigenvalue weighted by atomic mass is 10.00. The second-order valence-corrected chi connectivity index (χ2v) is 11.8. The number of nitrogens with zero attached hydrogens (tertiary/aromatic N) is 2. The number of furan rings is 1. The maximum absolute atomic E-state index is 6.13. The second kappa shape index (κ2) is 6.52. The number of thioether (sulfide) groups is 3. The van der Waals surface area contributed by atoms with Crippen molar-refractivity contribution >= 4 is 46.4 Å². The van der Waals surface area contributed by atoms with Crippen molar-refractivity contribution in [1.29, 1.82) is 0 Å². The molecule has 2 aromatic heterocycles. The molecule has 0 bridgehead atoms. The summed E-state index contributed by atoms with van der Waals surface area (Å²) in [6.45, 7) is 13.4. The van der Waals surface area contributed by atoms with Gasteiger partial charge in [-0.05, 0) is 6.42 Å². The van der Waals surface area contributed by atoms with Crippen LogP contribution >= 0.6 is 35.3 Å². The fourth-order valence-electron chi connectivity index (χ4n) is 2.67. The van der Waals surface area contributed by atoms with Gasteiger partial charge in [0.25, 0.3) is 0 Å². The van der Waals surface area contributed by atoms with Crippen LogP contribution in [0.25, 0.3) is 11.1 Å². The molecule has 1 aliphatic heterocycles.